The predicted octanol–water partition coefficient (Wildman–Crippen LogP) is 0.187. The molecule has 0 aliphatic carbocycles. The molecule has 1 aliphatic rings. The number of nitrogens with two attached hydrogens (primary N) is 1. The van der Waals surface area contributed by atoms with Gasteiger partial charge in [-0.3, -0.25) is 4.98 Å². The summed E-state index contributed by atoms with van der Waals surface area (Å²) >= 11 is 0. The van der Waals surface area contributed by atoms with Gasteiger partial charge in [-0.1, -0.05) is 0 Å². The molecule has 1 saturated heterocycles. The lowest BCUT2D eigenvalue weighted by Gasteiger charge is -2.32. The summed E-state index contributed by atoms with van der Waals surface area (Å²) in [5, 5.41) is 10.5. The quantitative estimate of drug-likeness (QED) is 0.817. The zero-order valence-electron chi connectivity index (χ0n) is 10.3. The number of aliphatic hydroxyl groups excluding tert-OH is 1. The first-order valence-electron chi connectivity index (χ1n) is 5.89. The van der Waals surface area contributed by atoms with Gasteiger partial charge in [-0.15, -0.1) is 0 Å². The maximum Gasteiger partial charge on any atom is 0.151 e. The summed E-state index contributed by atoms with van der Waals surface area (Å²) in [7, 11) is -3.09. The molecular formula is C12H18N2O3S. The molecule has 3 N–H and O–H groups in total. The van der Waals surface area contributed by atoms with E-state index in [0.29, 0.717) is 12.0 Å². The van der Waals surface area contributed by atoms with Crippen LogP contribution in [0, 0.1) is 12.3 Å². The van der Waals surface area contributed by atoms with E-state index in [4.69, 9.17) is 5.73 Å². The van der Waals surface area contributed by atoms with E-state index in [2.05, 4.69) is 4.98 Å². The maximum absolute atomic E-state index is 11.6. The highest BCUT2D eigenvalue weighted by atomic mass is 32.2. The summed E-state index contributed by atoms with van der Waals surface area (Å²) in [4.78, 5) is 3.99. The first kappa shape index (κ1) is 13.5. The summed E-state index contributed by atoms with van der Waals surface area (Å²) in [5.41, 5.74) is 6.53. The Morgan fingerprint density at radius 3 is 2.83 bits per heavy atom. The molecule has 6 heteroatoms. The molecule has 0 aromatic carbocycles. The van der Waals surface area contributed by atoms with Crippen LogP contribution in [0.25, 0.3) is 0 Å². The van der Waals surface area contributed by atoms with Gasteiger partial charge in [-0.25, -0.2) is 8.42 Å². The van der Waals surface area contributed by atoms with E-state index >= 15 is 0 Å². The molecule has 0 spiro atoms. The molecule has 0 saturated carbocycles. The SMILES string of the molecule is Cc1ccncc1C(O)C1(CN)CCS(=O)(=O)C1. The van der Waals surface area contributed by atoms with Gasteiger partial charge in [-0.2, -0.15) is 0 Å². The molecule has 0 radical (unpaired) electrons. The third-order valence-corrected chi connectivity index (χ3v) is 5.62. The fourth-order valence-electron chi connectivity index (χ4n) is 2.52. The third-order valence-electron chi connectivity index (χ3n) is 3.78. The summed E-state index contributed by atoms with van der Waals surface area (Å²) in [6.07, 6.45) is 2.75. The van der Waals surface area contributed by atoms with E-state index in [-0.39, 0.29) is 18.1 Å². The molecule has 2 unspecified atom stereocenters. The summed E-state index contributed by atoms with van der Waals surface area (Å²) in [6.45, 7) is 2.02. The molecule has 1 aromatic rings. The van der Waals surface area contributed by atoms with Crippen molar-refractivity contribution in [1.29, 1.82) is 0 Å². The summed E-state index contributed by atoms with van der Waals surface area (Å²) in [5.74, 6) is 0.0482. The van der Waals surface area contributed by atoms with Crippen molar-refractivity contribution in [2.75, 3.05) is 18.1 Å². The second-order valence-electron chi connectivity index (χ2n) is 5.04. The number of nitrogens with zero attached hydrogens (tertiary/aromatic N) is 1. The third kappa shape index (κ3) is 2.28. The maximum atomic E-state index is 11.6. The number of pyridine rings is 1. The lowest BCUT2D eigenvalue weighted by Crippen LogP contribution is -2.38. The minimum Gasteiger partial charge on any atom is -0.388 e. The zero-order chi connectivity index (χ0) is 13.4. The molecule has 100 valence electrons. The van der Waals surface area contributed by atoms with Crippen molar-refractivity contribution in [2.24, 2.45) is 11.1 Å². The van der Waals surface area contributed by atoms with Crippen LogP contribution in [0.2, 0.25) is 0 Å². The van der Waals surface area contributed by atoms with Crippen molar-refractivity contribution >= 4 is 9.84 Å². The molecule has 0 bridgehead atoms. The molecule has 1 aliphatic heterocycles. The van der Waals surface area contributed by atoms with E-state index in [9.17, 15) is 13.5 Å². The van der Waals surface area contributed by atoms with Crippen LogP contribution in [0.4, 0.5) is 0 Å². The van der Waals surface area contributed by atoms with Crippen molar-refractivity contribution in [3.05, 3.63) is 29.6 Å². The molecular weight excluding hydrogens is 252 g/mol. The van der Waals surface area contributed by atoms with Gasteiger partial charge in [0, 0.05) is 29.9 Å². The van der Waals surface area contributed by atoms with E-state index in [1.165, 1.54) is 0 Å². The molecule has 2 atom stereocenters. The second-order valence-corrected chi connectivity index (χ2v) is 7.23. The minimum atomic E-state index is -3.09. The average molecular weight is 270 g/mol. The van der Waals surface area contributed by atoms with Crippen LogP contribution in [0.5, 0.6) is 0 Å². The number of aliphatic hydroxyl groups is 1. The summed E-state index contributed by atoms with van der Waals surface area (Å²) in [6, 6.07) is 1.80. The van der Waals surface area contributed by atoms with Gasteiger partial charge in [0.15, 0.2) is 9.84 Å². The van der Waals surface area contributed by atoms with Crippen molar-refractivity contribution in [2.45, 2.75) is 19.4 Å². The standard InChI is InChI=1S/C12H18N2O3S/c1-9-2-4-14-6-10(9)11(15)12(7-13)3-5-18(16,17)8-12/h2,4,6,11,15H,3,5,7-8,13H2,1H3. The fraction of sp³-hybridized carbons (Fsp3) is 0.583. The predicted molar refractivity (Wildman–Crippen MR) is 68.7 cm³/mol. The number of sulfone groups is 1. The molecule has 18 heavy (non-hydrogen) atoms. The topological polar surface area (TPSA) is 93.3 Å². The van der Waals surface area contributed by atoms with Gasteiger partial charge in [0.2, 0.25) is 0 Å². The minimum absolute atomic E-state index is 0.0496. The van der Waals surface area contributed by atoms with Crippen molar-refractivity contribution in [3.63, 3.8) is 0 Å². The normalized spacial score (nSPS) is 28.2. The first-order valence-corrected chi connectivity index (χ1v) is 7.71. The Kier molecular flexibility index (Phi) is 3.44. The smallest absolute Gasteiger partial charge is 0.151 e. The molecule has 0 amide bonds. The zero-order valence-corrected chi connectivity index (χ0v) is 11.2. The Labute approximate surface area is 107 Å². The van der Waals surface area contributed by atoms with Crippen LogP contribution in [-0.4, -0.2) is 36.6 Å². The van der Waals surface area contributed by atoms with Crippen molar-refractivity contribution in [1.82, 2.24) is 4.98 Å². The largest absolute Gasteiger partial charge is 0.388 e. The second kappa shape index (κ2) is 4.60. The Morgan fingerprint density at radius 1 is 1.61 bits per heavy atom. The van der Waals surface area contributed by atoms with E-state index in [1.807, 2.05) is 6.92 Å². The Bertz CT molecular complexity index is 544. The highest BCUT2D eigenvalue weighted by Gasteiger charge is 2.47. The lowest BCUT2D eigenvalue weighted by molar-refractivity contribution is 0.0464. The monoisotopic (exact) mass is 270 g/mol. The Hall–Kier alpha value is -0.980. The van der Waals surface area contributed by atoms with Crippen LogP contribution in [0.3, 0.4) is 0 Å². The fourth-order valence-corrected chi connectivity index (χ4v) is 4.68. The molecule has 1 aromatic heterocycles. The number of aromatic nitrogens is 1. The average Bonchev–Trinajstić information content (AvgIpc) is 2.66. The van der Waals surface area contributed by atoms with Crippen LogP contribution in [0.1, 0.15) is 23.7 Å². The lowest BCUT2D eigenvalue weighted by atomic mass is 9.78. The highest BCUT2D eigenvalue weighted by Crippen LogP contribution is 2.43. The van der Waals surface area contributed by atoms with Gasteiger partial charge < -0.3 is 10.8 Å². The molecule has 2 rings (SSSR count). The Morgan fingerprint density at radius 2 is 2.33 bits per heavy atom. The van der Waals surface area contributed by atoms with Crippen molar-refractivity contribution in [3.8, 4) is 0 Å². The van der Waals surface area contributed by atoms with E-state index in [0.717, 1.165) is 5.56 Å². The van der Waals surface area contributed by atoms with E-state index < -0.39 is 21.4 Å². The number of hydrogen-bond donors (Lipinski definition) is 2. The summed E-state index contributed by atoms with van der Waals surface area (Å²) < 4.78 is 23.3. The highest BCUT2D eigenvalue weighted by molar-refractivity contribution is 7.91. The van der Waals surface area contributed by atoms with Crippen LogP contribution in [0.15, 0.2) is 18.5 Å². The first-order chi connectivity index (χ1) is 8.40. The van der Waals surface area contributed by atoms with Gasteiger partial charge in [0.1, 0.15) is 0 Å². The van der Waals surface area contributed by atoms with Gasteiger partial charge in [0.05, 0.1) is 17.6 Å². The van der Waals surface area contributed by atoms with Crippen LogP contribution < -0.4 is 5.73 Å². The van der Waals surface area contributed by atoms with Crippen molar-refractivity contribution < 1.29 is 13.5 Å². The molecule has 1 fully saturated rings. The van der Waals surface area contributed by atoms with Gasteiger partial charge in [0.25, 0.3) is 0 Å². The van der Waals surface area contributed by atoms with E-state index in [1.54, 1.807) is 18.5 Å². The van der Waals surface area contributed by atoms with Gasteiger partial charge >= 0.3 is 0 Å². The Balaban J connectivity index is 2.38. The van der Waals surface area contributed by atoms with Crippen LogP contribution >= 0.6 is 0 Å². The number of aryl methyl sites for hydroxylation is 1. The number of rotatable bonds is 3. The number of hydrogen-bond acceptors (Lipinski definition) is 5. The molecule has 2 heterocycles. The van der Waals surface area contributed by atoms with Crippen LogP contribution in [-0.2, 0) is 9.84 Å². The molecule has 5 nitrogen and oxygen atoms in total. The van der Waals surface area contributed by atoms with Gasteiger partial charge in [-0.05, 0) is 25.0 Å².